The van der Waals surface area contributed by atoms with E-state index in [2.05, 4.69) is 29.9 Å². The van der Waals surface area contributed by atoms with Crippen LogP contribution in [0.15, 0.2) is 0 Å². The van der Waals surface area contributed by atoms with E-state index in [9.17, 15) is 0 Å². The molecule has 1 saturated carbocycles. The summed E-state index contributed by atoms with van der Waals surface area (Å²) in [7, 11) is 2.29. The Morgan fingerprint density at radius 3 is 2.67 bits per heavy atom. The summed E-state index contributed by atoms with van der Waals surface area (Å²) in [5.41, 5.74) is 0. The number of hydrogen-bond donors (Lipinski definition) is 2. The minimum Gasteiger partial charge on any atom is -0.313 e. The van der Waals surface area contributed by atoms with Crippen molar-refractivity contribution in [2.75, 3.05) is 20.1 Å². The summed E-state index contributed by atoms with van der Waals surface area (Å²) in [5.74, 6) is 0. The van der Waals surface area contributed by atoms with E-state index in [1.54, 1.807) is 0 Å². The van der Waals surface area contributed by atoms with E-state index in [-0.39, 0.29) is 0 Å². The summed E-state index contributed by atoms with van der Waals surface area (Å²) < 4.78 is 0. The van der Waals surface area contributed by atoms with Gasteiger partial charge in [0.25, 0.3) is 0 Å². The molecule has 1 aliphatic carbocycles. The zero-order valence-corrected chi connectivity index (χ0v) is 10.7. The summed E-state index contributed by atoms with van der Waals surface area (Å²) in [6, 6.07) is 1.59. The van der Waals surface area contributed by atoms with E-state index >= 15 is 0 Å². The average Bonchev–Trinajstić information content (AvgIpc) is 2.84. The first kappa shape index (κ1) is 11.7. The largest absolute Gasteiger partial charge is 0.313 e. The molecule has 2 nitrogen and oxygen atoms in total. The number of nitrogens with one attached hydrogen (secondary N) is 1. The third-order valence-corrected chi connectivity index (χ3v) is 4.37. The lowest BCUT2D eigenvalue weighted by molar-refractivity contribution is 0.234. The maximum Gasteiger partial charge on any atom is 0.0157 e. The van der Waals surface area contributed by atoms with Gasteiger partial charge in [0.15, 0.2) is 0 Å². The van der Waals surface area contributed by atoms with Crippen LogP contribution in [0.5, 0.6) is 0 Å². The summed E-state index contributed by atoms with van der Waals surface area (Å²) in [5, 5.41) is 4.14. The second-order valence-corrected chi connectivity index (χ2v) is 5.93. The lowest BCUT2D eigenvalue weighted by Crippen LogP contribution is -2.33. The van der Waals surface area contributed by atoms with E-state index in [4.69, 9.17) is 0 Å². The molecule has 1 aliphatic heterocycles. The molecule has 0 amide bonds. The molecule has 0 radical (unpaired) electrons. The molecule has 0 spiro atoms. The normalized spacial score (nSPS) is 33.0. The molecule has 1 N–H and O–H groups in total. The third kappa shape index (κ3) is 3.36. The molecule has 15 heavy (non-hydrogen) atoms. The molecule has 0 bridgehead atoms. The predicted octanol–water partition coefficient (Wildman–Crippen LogP) is 1.91. The maximum atomic E-state index is 4.51. The van der Waals surface area contributed by atoms with Crippen molar-refractivity contribution >= 4 is 12.6 Å². The fourth-order valence-electron chi connectivity index (χ4n) is 2.90. The minimum absolute atomic E-state index is 0.590. The van der Waals surface area contributed by atoms with E-state index in [0.717, 1.165) is 18.6 Å². The highest BCUT2D eigenvalue weighted by molar-refractivity contribution is 7.81. The van der Waals surface area contributed by atoms with Crippen LogP contribution < -0.4 is 5.32 Å². The molecule has 2 fully saturated rings. The standard InChI is InChI=1S/C12H24N2S/c1-14(11-4-2-3-5-11)7-6-10-8-12(15)9-13-10/h10-13,15H,2-9H2,1H3. The Bertz CT molecular complexity index is 192. The fourth-order valence-corrected chi connectivity index (χ4v) is 3.26. The Morgan fingerprint density at radius 2 is 2.07 bits per heavy atom. The second kappa shape index (κ2) is 5.55. The topological polar surface area (TPSA) is 15.3 Å². The van der Waals surface area contributed by atoms with Gasteiger partial charge in [0.05, 0.1) is 0 Å². The first-order valence-electron chi connectivity index (χ1n) is 6.37. The summed E-state index contributed by atoms with van der Waals surface area (Å²) in [6.45, 7) is 2.35. The molecule has 2 rings (SSSR count). The van der Waals surface area contributed by atoms with Crippen LogP contribution >= 0.6 is 12.6 Å². The molecule has 0 aromatic carbocycles. The van der Waals surface area contributed by atoms with Crippen LogP contribution in [0.3, 0.4) is 0 Å². The van der Waals surface area contributed by atoms with Gasteiger partial charge in [-0.3, -0.25) is 0 Å². The zero-order chi connectivity index (χ0) is 10.7. The van der Waals surface area contributed by atoms with Crippen molar-refractivity contribution in [3.05, 3.63) is 0 Å². The highest BCUT2D eigenvalue weighted by atomic mass is 32.1. The van der Waals surface area contributed by atoms with Gasteiger partial charge in [-0.05, 0) is 39.3 Å². The van der Waals surface area contributed by atoms with Gasteiger partial charge in [-0.1, -0.05) is 12.8 Å². The summed E-state index contributed by atoms with van der Waals surface area (Å²) >= 11 is 4.51. The highest BCUT2D eigenvalue weighted by Gasteiger charge is 2.23. The second-order valence-electron chi connectivity index (χ2n) is 5.20. The van der Waals surface area contributed by atoms with Gasteiger partial charge in [0, 0.05) is 23.9 Å². The Morgan fingerprint density at radius 1 is 1.33 bits per heavy atom. The van der Waals surface area contributed by atoms with Crippen LogP contribution in [0.2, 0.25) is 0 Å². The molecule has 1 saturated heterocycles. The molecule has 2 atom stereocenters. The van der Waals surface area contributed by atoms with Crippen molar-refractivity contribution in [2.45, 2.75) is 55.9 Å². The lowest BCUT2D eigenvalue weighted by atomic mass is 10.1. The van der Waals surface area contributed by atoms with Gasteiger partial charge < -0.3 is 10.2 Å². The highest BCUT2D eigenvalue weighted by Crippen LogP contribution is 2.23. The van der Waals surface area contributed by atoms with Gasteiger partial charge in [-0.25, -0.2) is 0 Å². The molecular weight excluding hydrogens is 204 g/mol. The third-order valence-electron chi connectivity index (χ3n) is 3.98. The number of hydrogen-bond acceptors (Lipinski definition) is 3. The first-order chi connectivity index (χ1) is 7.25. The smallest absolute Gasteiger partial charge is 0.0157 e. The van der Waals surface area contributed by atoms with Crippen molar-refractivity contribution in [1.29, 1.82) is 0 Å². The SMILES string of the molecule is CN(CCC1CC(S)CN1)C1CCCC1. The van der Waals surface area contributed by atoms with E-state index in [1.165, 1.54) is 45.1 Å². The van der Waals surface area contributed by atoms with Crippen molar-refractivity contribution in [3.8, 4) is 0 Å². The predicted molar refractivity (Wildman–Crippen MR) is 68.7 cm³/mol. The Balaban J connectivity index is 1.64. The molecule has 0 aromatic rings. The van der Waals surface area contributed by atoms with Crippen LogP contribution in [0.1, 0.15) is 38.5 Å². The number of rotatable bonds is 4. The van der Waals surface area contributed by atoms with Crippen LogP contribution in [0.25, 0.3) is 0 Å². The van der Waals surface area contributed by atoms with Gasteiger partial charge in [-0.2, -0.15) is 12.6 Å². The van der Waals surface area contributed by atoms with Crippen molar-refractivity contribution in [3.63, 3.8) is 0 Å². The van der Waals surface area contributed by atoms with Gasteiger partial charge in [0.1, 0.15) is 0 Å². The van der Waals surface area contributed by atoms with Gasteiger partial charge >= 0.3 is 0 Å². The molecule has 1 heterocycles. The molecule has 2 aliphatic rings. The molecular formula is C12H24N2S. The lowest BCUT2D eigenvalue weighted by Gasteiger charge is -2.25. The Kier molecular flexibility index (Phi) is 4.35. The molecule has 3 heteroatoms. The minimum atomic E-state index is 0.590. The fraction of sp³-hybridized carbons (Fsp3) is 1.00. The summed E-state index contributed by atoms with van der Waals surface area (Å²) in [6.07, 6.45) is 8.27. The van der Waals surface area contributed by atoms with Gasteiger partial charge in [-0.15, -0.1) is 0 Å². The monoisotopic (exact) mass is 228 g/mol. The summed E-state index contributed by atoms with van der Waals surface area (Å²) in [4.78, 5) is 2.57. The van der Waals surface area contributed by atoms with E-state index in [0.29, 0.717) is 5.25 Å². The van der Waals surface area contributed by atoms with Crippen molar-refractivity contribution in [2.24, 2.45) is 0 Å². The Labute approximate surface area is 99.2 Å². The first-order valence-corrected chi connectivity index (χ1v) is 6.89. The number of thiol groups is 1. The number of nitrogens with zero attached hydrogens (tertiary/aromatic N) is 1. The maximum absolute atomic E-state index is 4.51. The van der Waals surface area contributed by atoms with Crippen molar-refractivity contribution < 1.29 is 0 Å². The Hall–Kier alpha value is 0.270. The van der Waals surface area contributed by atoms with Gasteiger partial charge in [0.2, 0.25) is 0 Å². The van der Waals surface area contributed by atoms with Crippen molar-refractivity contribution in [1.82, 2.24) is 10.2 Å². The quantitative estimate of drug-likeness (QED) is 0.715. The molecule has 2 unspecified atom stereocenters. The van der Waals surface area contributed by atoms with Crippen LogP contribution in [-0.4, -0.2) is 42.4 Å². The zero-order valence-electron chi connectivity index (χ0n) is 9.78. The average molecular weight is 228 g/mol. The van der Waals surface area contributed by atoms with Crippen LogP contribution in [-0.2, 0) is 0 Å². The van der Waals surface area contributed by atoms with E-state index in [1.807, 2.05) is 0 Å². The molecule has 0 aromatic heterocycles. The molecule has 88 valence electrons. The van der Waals surface area contributed by atoms with E-state index < -0.39 is 0 Å². The van der Waals surface area contributed by atoms with Crippen LogP contribution in [0.4, 0.5) is 0 Å². The van der Waals surface area contributed by atoms with Crippen LogP contribution in [0, 0.1) is 0 Å².